The molecule has 0 aliphatic heterocycles. The van der Waals surface area contributed by atoms with Crippen LogP contribution in [0.15, 0.2) is 55.1 Å². The van der Waals surface area contributed by atoms with E-state index in [0.29, 0.717) is 11.5 Å². The molecule has 2 heterocycles. The Hall–Kier alpha value is -3.68. The molecule has 28 heavy (non-hydrogen) atoms. The second kappa shape index (κ2) is 8.34. The van der Waals surface area contributed by atoms with Crippen LogP contribution in [0.5, 0.6) is 5.75 Å². The van der Waals surface area contributed by atoms with Crippen molar-refractivity contribution in [3.8, 4) is 11.6 Å². The normalized spacial score (nSPS) is 11.5. The number of hydrogen-bond acceptors (Lipinski definition) is 5. The van der Waals surface area contributed by atoms with Crippen LogP contribution in [-0.4, -0.2) is 33.5 Å². The Bertz CT molecular complexity index is 982. The fourth-order valence-corrected chi connectivity index (χ4v) is 2.65. The van der Waals surface area contributed by atoms with Gasteiger partial charge in [0.1, 0.15) is 23.6 Å². The first kappa shape index (κ1) is 19.1. The first-order chi connectivity index (χ1) is 13.5. The maximum atomic E-state index is 12.5. The highest BCUT2D eigenvalue weighted by molar-refractivity contribution is 5.92. The van der Waals surface area contributed by atoms with Gasteiger partial charge in [-0.25, -0.2) is 9.97 Å². The maximum absolute atomic E-state index is 12.5. The van der Waals surface area contributed by atoms with Gasteiger partial charge in [-0.3, -0.25) is 14.2 Å². The molecule has 3 aromatic rings. The average Bonchev–Trinajstić information content (AvgIpc) is 3.18. The van der Waals surface area contributed by atoms with Crippen molar-refractivity contribution in [2.24, 2.45) is 0 Å². The number of rotatable bonds is 6. The molecule has 0 fully saturated rings. The molecule has 0 bridgehead atoms. The van der Waals surface area contributed by atoms with Crippen molar-refractivity contribution in [1.82, 2.24) is 19.9 Å². The van der Waals surface area contributed by atoms with E-state index < -0.39 is 0 Å². The lowest BCUT2D eigenvalue weighted by atomic mass is 10.1. The third-order valence-corrected chi connectivity index (χ3v) is 4.09. The van der Waals surface area contributed by atoms with Crippen molar-refractivity contribution in [2.45, 2.75) is 19.9 Å². The van der Waals surface area contributed by atoms with Crippen LogP contribution >= 0.6 is 0 Å². The number of nitrogens with zero attached hydrogens (tertiary/aromatic N) is 3. The standard InChI is InChI=1S/C20H21N5O3/c1-13(15-5-4-6-17(9-15)28-3)23-20(27)18-11-25(12-22-18)19-8-7-16(10-21-19)24-14(2)26/h4-13H,1-3H3,(H,23,27)(H,24,26)/t13-/m0/s1. The van der Waals surface area contributed by atoms with Gasteiger partial charge in [0.05, 0.1) is 25.0 Å². The summed E-state index contributed by atoms with van der Waals surface area (Å²) in [6.07, 6.45) is 4.67. The number of aromatic nitrogens is 3. The summed E-state index contributed by atoms with van der Waals surface area (Å²) in [4.78, 5) is 32.0. The van der Waals surface area contributed by atoms with Gasteiger partial charge in [-0.15, -0.1) is 0 Å². The largest absolute Gasteiger partial charge is 0.497 e. The van der Waals surface area contributed by atoms with Gasteiger partial charge in [0, 0.05) is 13.1 Å². The smallest absolute Gasteiger partial charge is 0.271 e. The molecule has 1 atom stereocenters. The Labute approximate surface area is 162 Å². The summed E-state index contributed by atoms with van der Waals surface area (Å²) in [7, 11) is 1.60. The molecule has 1 aromatic carbocycles. The monoisotopic (exact) mass is 379 g/mol. The van der Waals surface area contributed by atoms with Gasteiger partial charge in [0.15, 0.2) is 0 Å². The number of hydrogen-bond donors (Lipinski definition) is 2. The van der Waals surface area contributed by atoms with E-state index in [1.54, 1.807) is 36.2 Å². The van der Waals surface area contributed by atoms with E-state index in [0.717, 1.165) is 11.3 Å². The molecule has 2 amide bonds. The summed E-state index contributed by atoms with van der Waals surface area (Å²) >= 11 is 0. The van der Waals surface area contributed by atoms with Crippen LogP contribution in [0.4, 0.5) is 5.69 Å². The Morgan fingerprint density at radius 2 is 2.00 bits per heavy atom. The number of nitrogens with one attached hydrogen (secondary N) is 2. The van der Waals surface area contributed by atoms with Crippen molar-refractivity contribution in [3.63, 3.8) is 0 Å². The Morgan fingerprint density at radius 3 is 2.68 bits per heavy atom. The van der Waals surface area contributed by atoms with Crippen LogP contribution in [-0.2, 0) is 4.79 Å². The molecule has 2 aromatic heterocycles. The third-order valence-electron chi connectivity index (χ3n) is 4.09. The number of methoxy groups -OCH3 is 1. The van der Waals surface area contributed by atoms with Crippen LogP contribution in [0.2, 0.25) is 0 Å². The zero-order valence-electron chi connectivity index (χ0n) is 15.8. The number of carbonyl (C=O) groups excluding carboxylic acids is 2. The summed E-state index contributed by atoms with van der Waals surface area (Å²) in [5, 5.41) is 5.57. The molecular formula is C20H21N5O3. The third kappa shape index (κ3) is 4.53. The van der Waals surface area contributed by atoms with Crippen molar-refractivity contribution in [2.75, 3.05) is 12.4 Å². The van der Waals surface area contributed by atoms with E-state index in [1.807, 2.05) is 31.2 Å². The molecule has 0 aliphatic rings. The number of carbonyl (C=O) groups is 2. The number of amides is 2. The Balaban J connectivity index is 1.68. The molecule has 8 heteroatoms. The lowest BCUT2D eigenvalue weighted by Crippen LogP contribution is -2.26. The summed E-state index contributed by atoms with van der Waals surface area (Å²) in [6.45, 7) is 3.33. The van der Waals surface area contributed by atoms with E-state index in [4.69, 9.17) is 4.74 Å². The minimum absolute atomic E-state index is 0.165. The first-order valence-corrected chi connectivity index (χ1v) is 8.69. The van der Waals surface area contributed by atoms with Crippen molar-refractivity contribution < 1.29 is 14.3 Å². The Morgan fingerprint density at radius 1 is 1.18 bits per heavy atom. The molecule has 0 unspecified atom stereocenters. The molecule has 144 valence electrons. The van der Waals surface area contributed by atoms with E-state index in [-0.39, 0.29) is 23.6 Å². The first-order valence-electron chi connectivity index (χ1n) is 8.69. The number of anilines is 1. The zero-order chi connectivity index (χ0) is 20.1. The fourth-order valence-electron chi connectivity index (χ4n) is 2.65. The zero-order valence-corrected chi connectivity index (χ0v) is 15.8. The predicted octanol–water partition coefficient (Wildman–Crippen LogP) is 2.73. The average molecular weight is 379 g/mol. The highest BCUT2D eigenvalue weighted by Gasteiger charge is 2.15. The second-order valence-electron chi connectivity index (χ2n) is 6.22. The molecule has 0 radical (unpaired) electrons. The molecular weight excluding hydrogens is 358 g/mol. The van der Waals surface area contributed by atoms with Gasteiger partial charge in [0.25, 0.3) is 5.91 Å². The molecule has 0 saturated heterocycles. The predicted molar refractivity (Wildman–Crippen MR) is 105 cm³/mol. The highest BCUT2D eigenvalue weighted by atomic mass is 16.5. The molecule has 2 N–H and O–H groups in total. The van der Waals surface area contributed by atoms with E-state index in [9.17, 15) is 9.59 Å². The molecule has 0 spiro atoms. The molecule has 3 rings (SSSR count). The lowest BCUT2D eigenvalue weighted by molar-refractivity contribution is -0.114. The van der Waals surface area contributed by atoms with Gasteiger partial charge in [0.2, 0.25) is 5.91 Å². The summed E-state index contributed by atoms with van der Waals surface area (Å²) < 4.78 is 6.86. The minimum Gasteiger partial charge on any atom is -0.497 e. The van der Waals surface area contributed by atoms with Crippen LogP contribution in [0.1, 0.15) is 35.9 Å². The van der Waals surface area contributed by atoms with Gasteiger partial charge >= 0.3 is 0 Å². The summed E-state index contributed by atoms with van der Waals surface area (Å²) in [5.41, 5.74) is 1.81. The maximum Gasteiger partial charge on any atom is 0.271 e. The quantitative estimate of drug-likeness (QED) is 0.686. The van der Waals surface area contributed by atoms with Gasteiger partial charge in [-0.05, 0) is 36.8 Å². The summed E-state index contributed by atoms with van der Waals surface area (Å²) in [5.74, 6) is 0.864. The molecule has 0 saturated carbocycles. The van der Waals surface area contributed by atoms with E-state index >= 15 is 0 Å². The molecule has 8 nitrogen and oxygen atoms in total. The van der Waals surface area contributed by atoms with Crippen LogP contribution in [0.3, 0.4) is 0 Å². The number of benzene rings is 1. The van der Waals surface area contributed by atoms with Gasteiger partial charge in [-0.1, -0.05) is 12.1 Å². The van der Waals surface area contributed by atoms with Crippen LogP contribution in [0, 0.1) is 0 Å². The van der Waals surface area contributed by atoms with E-state index in [2.05, 4.69) is 20.6 Å². The summed E-state index contributed by atoms with van der Waals surface area (Å²) in [6, 6.07) is 10.8. The fraction of sp³-hybridized carbons (Fsp3) is 0.200. The minimum atomic E-state index is -0.288. The van der Waals surface area contributed by atoms with E-state index in [1.165, 1.54) is 13.3 Å². The molecule has 0 aliphatic carbocycles. The highest BCUT2D eigenvalue weighted by Crippen LogP contribution is 2.19. The SMILES string of the molecule is COc1cccc([C@H](C)NC(=O)c2cn(-c3ccc(NC(C)=O)cn3)cn2)c1. The Kier molecular flexibility index (Phi) is 5.69. The van der Waals surface area contributed by atoms with Gasteiger partial charge < -0.3 is 15.4 Å². The van der Waals surface area contributed by atoms with Crippen LogP contribution in [0.25, 0.3) is 5.82 Å². The van der Waals surface area contributed by atoms with Crippen molar-refractivity contribution in [3.05, 3.63) is 66.4 Å². The topological polar surface area (TPSA) is 98.1 Å². The lowest BCUT2D eigenvalue weighted by Gasteiger charge is -2.14. The second-order valence-corrected chi connectivity index (χ2v) is 6.22. The number of pyridine rings is 1. The van der Waals surface area contributed by atoms with Crippen molar-refractivity contribution in [1.29, 1.82) is 0 Å². The number of ether oxygens (including phenoxy) is 1. The van der Waals surface area contributed by atoms with Gasteiger partial charge in [-0.2, -0.15) is 0 Å². The number of imidazole rings is 1. The van der Waals surface area contributed by atoms with Crippen molar-refractivity contribution >= 4 is 17.5 Å². The van der Waals surface area contributed by atoms with Crippen LogP contribution < -0.4 is 15.4 Å².